The predicted octanol–water partition coefficient (Wildman–Crippen LogP) is 1.75. The van der Waals surface area contributed by atoms with Crippen LogP contribution in [0.4, 0.5) is 0 Å². The minimum absolute atomic E-state index is 0.0682. The summed E-state index contributed by atoms with van der Waals surface area (Å²) in [5.74, 6) is 1.20. The Labute approximate surface area is 167 Å². The molecule has 0 radical (unpaired) electrons. The van der Waals surface area contributed by atoms with Crippen LogP contribution in [0.3, 0.4) is 0 Å². The van der Waals surface area contributed by atoms with Crippen LogP contribution in [0.2, 0.25) is 0 Å². The second kappa shape index (κ2) is 7.52. The highest BCUT2D eigenvalue weighted by molar-refractivity contribution is 9.10. The fraction of sp³-hybridized carbons (Fsp3) is 0.474. The molecule has 0 aliphatic carbocycles. The van der Waals surface area contributed by atoms with Crippen LogP contribution in [-0.2, 0) is 0 Å². The maximum atomic E-state index is 12.5. The van der Waals surface area contributed by atoms with Gasteiger partial charge >= 0.3 is 0 Å². The van der Waals surface area contributed by atoms with E-state index in [1.54, 1.807) is 6.34 Å². The van der Waals surface area contributed by atoms with Crippen LogP contribution < -0.4 is 0 Å². The molecule has 142 valence electrons. The van der Waals surface area contributed by atoms with Gasteiger partial charge in [0.15, 0.2) is 5.78 Å². The standard InChI is InChI=1S/C19H23BrN6O/c1-13-17-18(24(2)23-13)19(22-12-21-17)26-8-6-25(7-9-26)11-16(27)14-4-3-5-15(20)10-14/h3-5,10,12,17-18H,6-9,11H2,1-2H3. The third-order valence-electron chi connectivity index (χ3n) is 5.34. The van der Waals surface area contributed by atoms with Crippen molar-refractivity contribution < 1.29 is 4.79 Å². The molecule has 8 heteroatoms. The van der Waals surface area contributed by atoms with Crippen molar-refractivity contribution in [3.05, 3.63) is 34.3 Å². The maximum absolute atomic E-state index is 12.5. The van der Waals surface area contributed by atoms with Gasteiger partial charge in [-0.05, 0) is 19.1 Å². The van der Waals surface area contributed by atoms with Gasteiger partial charge in [-0.15, -0.1) is 0 Å². The van der Waals surface area contributed by atoms with Gasteiger partial charge in [-0.3, -0.25) is 19.7 Å². The number of ketones is 1. The van der Waals surface area contributed by atoms with Crippen molar-refractivity contribution in [2.45, 2.75) is 19.0 Å². The van der Waals surface area contributed by atoms with Crippen LogP contribution in [0.15, 0.2) is 43.8 Å². The topological polar surface area (TPSA) is 63.9 Å². The third-order valence-corrected chi connectivity index (χ3v) is 5.83. The molecule has 0 amide bonds. The number of hydrazone groups is 1. The molecule has 3 heterocycles. The quantitative estimate of drug-likeness (QED) is 0.685. The van der Waals surface area contributed by atoms with Crippen molar-refractivity contribution in [3.63, 3.8) is 0 Å². The third kappa shape index (κ3) is 3.68. The van der Waals surface area contributed by atoms with E-state index in [2.05, 4.69) is 40.8 Å². The molecule has 27 heavy (non-hydrogen) atoms. The average molecular weight is 431 g/mol. The number of Topliss-reactive ketones (excluding diaryl/α,β-unsaturated/α-hetero) is 1. The van der Waals surface area contributed by atoms with Gasteiger partial charge in [0.2, 0.25) is 0 Å². The minimum Gasteiger partial charge on any atom is -0.356 e. The van der Waals surface area contributed by atoms with Crippen molar-refractivity contribution >= 4 is 39.6 Å². The Morgan fingerprint density at radius 2 is 2.04 bits per heavy atom. The Balaban J connectivity index is 1.36. The van der Waals surface area contributed by atoms with Crippen molar-refractivity contribution in [1.29, 1.82) is 0 Å². The van der Waals surface area contributed by atoms with E-state index in [-0.39, 0.29) is 17.9 Å². The lowest BCUT2D eigenvalue weighted by Gasteiger charge is -2.40. The van der Waals surface area contributed by atoms with E-state index < -0.39 is 0 Å². The van der Waals surface area contributed by atoms with Crippen molar-refractivity contribution in [3.8, 4) is 0 Å². The number of hydrogen-bond acceptors (Lipinski definition) is 7. The molecular formula is C19H23BrN6O. The number of halogens is 1. The molecule has 0 aromatic heterocycles. The van der Waals surface area contributed by atoms with Gasteiger partial charge in [0.05, 0.1) is 12.3 Å². The van der Waals surface area contributed by atoms with Gasteiger partial charge in [0.1, 0.15) is 24.3 Å². The van der Waals surface area contributed by atoms with E-state index in [0.717, 1.165) is 47.8 Å². The molecule has 2 unspecified atom stereocenters. The average Bonchev–Trinajstić information content (AvgIpc) is 2.97. The van der Waals surface area contributed by atoms with Gasteiger partial charge < -0.3 is 4.90 Å². The first-order chi connectivity index (χ1) is 13.0. The Hall–Kier alpha value is -2.06. The first-order valence-corrected chi connectivity index (χ1v) is 9.95. The molecule has 3 aliphatic heterocycles. The number of piperazine rings is 1. The number of carbonyl (C=O) groups is 1. The Bertz CT molecular complexity index is 827. The molecule has 0 saturated carbocycles. The lowest BCUT2D eigenvalue weighted by atomic mass is 10.0. The van der Waals surface area contributed by atoms with Crippen LogP contribution >= 0.6 is 15.9 Å². The van der Waals surface area contributed by atoms with Gasteiger partial charge in [0, 0.05) is 43.3 Å². The van der Waals surface area contributed by atoms with E-state index in [9.17, 15) is 4.79 Å². The van der Waals surface area contributed by atoms with Crippen LogP contribution in [0.5, 0.6) is 0 Å². The largest absolute Gasteiger partial charge is 0.356 e. The number of aliphatic imine (C=N–C) groups is 2. The first-order valence-electron chi connectivity index (χ1n) is 9.16. The molecule has 0 bridgehead atoms. The number of likely N-dealkylation sites (N-methyl/N-ethyl adjacent to an activating group) is 1. The number of amidine groups is 1. The van der Waals surface area contributed by atoms with Crippen molar-refractivity contribution in [2.75, 3.05) is 39.8 Å². The molecule has 2 atom stereocenters. The highest BCUT2D eigenvalue weighted by atomic mass is 79.9. The monoisotopic (exact) mass is 430 g/mol. The summed E-state index contributed by atoms with van der Waals surface area (Å²) in [6, 6.07) is 7.74. The molecule has 1 fully saturated rings. The van der Waals surface area contributed by atoms with Gasteiger partial charge in [-0.2, -0.15) is 5.10 Å². The Kier molecular flexibility index (Phi) is 5.10. The van der Waals surface area contributed by atoms with Crippen LogP contribution in [-0.4, -0.2) is 90.3 Å². The second-order valence-electron chi connectivity index (χ2n) is 7.15. The van der Waals surface area contributed by atoms with Crippen molar-refractivity contribution in [2.24, 2.45) is 15.1 Å². The maximum Gasteiger partial charge on any atom is 0.176 e. The number of carbonyl (C=O) groups excluding carboxylic acids is 1. The predicted molar refractivity (Wildman–Crippen MR) is 111 cm³/mol. The minimum atomic E-state index is 0.0682. The van der Waals surface area contributed by atoms with Gasteiger partial charge in [-0.25, -0.2) is 4.99 Å². The zero-order chi connectivity index (χ0) is 19.0. The molecule has 1 aromatic carbocycles. The molecule has 1 saturated heterocycles. The Morgan fingerprint density at radius 1 is 1.26 bits per heavy atom. The zero-order valence-corrected chi connectivity index (χ0v) is 17.1. The van der Waals surface area contributed by atoms with Gasteiger partial charge in [0.25, 0.3) is 0 Å². The number of hydrogen-bond donors (Lipinski definition) is 0. The highest BCUT2D eigenvalue weighted by Crippen LogP contribution is 2.23. The smallest absolute Gasteiger partial charge is 0.176 e. The van der Waals surface area contributed by atoms with E-state index in [0.29, 0.717) is 6.54 Å². The van der Waals surface area contributed by atoms with Gasteiger partial charge in [-0.1, -0.05) is 28.1 Å². The zero-order valence-electron chi connectivity index (χ0n) is 15.5. The molecule has 7 nitrogen and oxygen atoms in total. The number of fused-ring (bicyclic) bond motifs is 1. The SMILES string of the molecule is CC1=NN(C)C2C(N3CCN(CC(=O)c4cccc(Br)c4)CC3)=NC=NC12. The Morgan fingerprint density at radius 3 is 2.78 bits per heavy atom. The summed E-state index contributed by atoms with van der Waals surface area (Å²) in [4.78, 5) is 26.1. The summed E-state index contributed by atoms with van der Waals surface area (Å²) in [7, 11) is 1.98. The van der Waals surface area contributed by atoms with E-state index >= 15 is 0 Å². The first kappa shape index (κ1) is 18.3. The molecule has 1 aromatic rings. The van der Waals surface area contributed by atoms with E-state index in [1.165, 1.54) is 0 Å². The van der Waals surface area contributed by atoms with Crippen LogP contribution in [0.25, 0.3) is 0 Å². The molecule has 3 aliphatic rings. The second-order valence-corrected chi connectivity index (χ2v) is 8.07. The summed E-state index contributed by atoms with van der Waals surface area (Å²) in [6.45, 7) is 5.87. The highest BCUT2D eigenvalue weighted by Gasteiger charge is 2.41. The van der Waals surface area contributed by atoms with Crippen LogP contribution in [0.1, 0.15) is 17.3 Å². The molecule has 4 rings (SSSR count). The lowest BCUT2D eigenvalue weighted by molar-refractivity contribution is 0.0894. The number of nitrogens with zero attached hydrogens (tertiary/aromatic N) is 6. The summed E-state index contributed by atoms with van der Waals surface area (Å²) in [6.07, 6.45) is 1.66. The molecule has 0 spiro atoms. The lowest BCUT2D eigenvalue weighted by Crippen LogP contribution is -2.56. The van der Waals surface area contributed by atoms with Crippen molar-refractivity contribution in [1.82, 2.24) is 14.8 Å². The summed E-state index contributed by atoms with van der Waals surface area (Å²) >= 11 is 3.43. The summed E-state index contributed by atoms with van der Waals surface area (Å²) < 4.78 is 0.933. The summed E-state index contributed by atoms with van der Waals surface area (Å²) in [5, 5.41) is 6.51. The fourth-order valence-electron chi connectivity index (χ4n) is 3.90. The molecular weight excluding hydrogens is 408 g/mol. The van der Waals surface area contributed by atoms with E-state index in [1.807, 2.05) is 43.2 Å². The number of rotatable bonds is 3. The normalized spacial score (nSPS) is 25.3. The molecule has 0 N–H and O–H groups in total. The fourth-order valence-corrected chi connectivity index (χ4v) is 4.30. The summed E-state index contributed by atoms with van der Waals surface area (Å²) in [5.41, 5.74) is 1.78. The van der Waals surface area contributed by atoms with Crippen LogP contribution in [0, 0.1) is 0 Å². The van der Waals surface area contributed by atoms with E-state index in [4.69, 9.17) is 0 Å². The number of benzene rings is 1.